The number of piperazine rings is 1. The van der Waals surface area contributed by atoms with Crippen molar-refractivity contribution in [3.8, 4) is 0 Å². The predicted molar refractivity (Wildman–Crippen MR) is 88.7 cm³/mol. The highest BCUT2D eigenvalue weighted by molar-refractivity contribution is 6.29. The summed E-state index contributed by atoms with van der Waals surface area (Å²) >= 11 is 5.95. The lowest BCUT2D eigenvalue weighted by atomic mass is 10.1. The number of halogens is 1. The molecule has 1 aliphatic heterocycles. The maximum Gasteiger partial charge on any atom is 0.129 e. The first kappa shape index (κ1) is 15.4. The Hall–Kier alpha value is -1.49. The molecule has 2 aromatic heterocycles. The molecule has 0 N–H and O–H groups in total. The zero-order chi connectivity index (χ0) is 15.4. The van der Waals surface area contributed by atoms with Gasteiger partial charge in [0.15, 0.2) is 0 Å². The van der Waals surface area contributed by atoms with E-state index in [9.17, 15) is 0 Å². The van der Waals surface area contributed by atoms with Crippen molar-refractivity contribution in [1.82, 2.24) is 19.8 Å². The van der Waals surface area contributed by atoms with Gasteiger partial charge >= 0.3 is 0 Å². The van der Waals surface area contributed by atoms with Gasteiger partial charge in [-0.15, -0.1) is 0 Å². The Labute approximate surface area is 136 Å². The number of hydrogen-bond donors (Lipinski definition) is 0. The molecule has 1 fully saturated rings. The van der Waals surface area contributed by atoms with E-state index in [4.69, 9.17) is 11.6 Å². The lowest BCUT2D eigenvalue weighted by Crippen LogP contribution is -2.46. The molecular weight excluding hydrogens is 296 g/mol. The molecule has 5 heteroatoms. The van der Waals surface area contributed by atoms with Crippen molar-refractivity contribution in [3.63, 3.8) is 0 Å². The van der Waals surface area contributed by atoms with Crippen LogP contribution in [0.4, 0.5) is 0 Å². The molecule has 0 unspecified atom stereocenters. The Bertz CT molecular complexity index is 597. The fraction of sp³-hybridized carbons (Fsp3) is 0.412. The molecule has 0 spiro atoms. The third-order valence-electron chi connectivity index (χ3n) is 4.32. The first-order valence-corrected chi connectivity index (χ1v) is 8.07. The topological polar surface area (TPSA) is 32.3 Å². The summed E-state index contributed by atoms with van der Waals surface area (Å²) in [4.78, 5) is 13.2. The molecule has 2 aromatic rings. The Morgan fingerprint density at radius 2 is 2.00 bits per heavy atom. The first-order valence-electron chi connectivity index (χ1n) is 7.69. The van der Waals surface area contributed by atoms with E-state index in [1.807, 2.05) is 30.6 Å². The zero-order valence-electron chi connectivity index (χ0n) is 12.8. The largest absolute Gasteiger partial charge is 0.297 e. The van der Waals surface area contributed by atoms with Crippen LogP contribution in [0.3, 0.4) is 0 Å². The Morgan fingerprint density at radius 3 is 2.68 bits per heavy atom. The van der Waals surface area contributed by atoms with Crippen molar-refractivity contribution in [2.45, 2.75) is 19.5 Å². The summed E-state index contributed by atoms with van der Waals surface area (Å²) in [6.45, 7) is 7.51. The van der Waals surface area contributed by atoms with Gasteiger partial charge in [-0.1, -0.05) is 17.7 Å². The number of nitrogens with zero attached hydrogens (tertiary/aromatic N) is 4. The molecule has 22 heavy (non-hydrogen) atoms. The summed E-state index contributed by atoms with van der Waals surface area (Å²) in [7, 11) is 0. The van der Waals surface area contributed by atoms with Crippen LogP contribution in [0.25, 0.3) is 0 Å². The van der Waals surface area contributed by atoms with Crippen LogP contribution in [0.1, 0.15) is 24.1 Å². The van der Waals surface area contributed by atoms with Gasteiger partial charge in [0.05, 0.1) is 0 Å². The number of rotatable bonds is 4. The minimum atomic E-state index is 0.422. The van der Waals surface area contributed by atoms with Crippen LogP contribution in [0.5, 0.6) is 0 Å². The van der Waals surface area contributed by atoms with Crippen LogP contribution >= 0.6 is 11.6 Å². The molecule has 0 aromatic carbocycles. The van der Waals surface area contributed by atoms with Crippen LogP contribution in [0.2, 0.25) is 5.15 Å². The van der Waals surface area contributed by atoms with Gasteiger partial charge in [0.1, 0.15) is 5.15 Å². The fourth-order valence-electron chi connectivity index (χ4n) is 2.94. The molecule has 3 rings (SSSR count). The second-order valence-electron chi connectivity index (χ2n) is 5.76. The van der Waals surface area contributed by atoms with Gasteiger partial charge in [0.25, 0.3) is 0 Å². The molecule has 1 atom stereocenters. The normalized spacial score (nSPS) is 18.3. The number of hydrogen-bond acceptors (Lipinski definition) is 4. The minimum Gasteiger partial charge on any atom is -0.297 e. The predicted octanol–water partition coefficient (Wildman–Crippen LogP) is 3.01. The highest BCUT2D eigenvalue weighted by Gasteiger charge is 2.22. The number of aromatic nitrogens is 2. The maximum atomic E-state index is 5.95. The third-order valence-corrected chi connectivity index (χ3v) is 4.53. The van der Waals surface area contributed by atoms with Crippen LogP contribution in [0, 0.1) is 0 Å². The lowest BCUT2D eigenvalue weighted by Gasteiger charge is -2.38. The summed E-state index contributed by atoms with van der Waals surface area (Å²) in [6.07, 6.45) is 5.57. The van der Waals surface area contributed by atoms with Crippen molar-refractivity contribution in [2.24, 2.45) is 0 Å². The van der Waals surface area contributed by atoms with Crippen LogP contribution in [-0.2, 0) is 6.54 Å². The average Bonchev–Trinajstić information content (AvgIpc) is 2.56. The lowest BCUT2D eigenvalue weighted by molar-refractivity contribution is 0.0977. The minimum absolute atomic E-state index is 0.422. The Kier molecular flexibility index (Phi) is 5.03. The summed E-state index contributed by atoms with van der Waals surface area (Å²) < 4.78 is 0. The van der Waals surface area contributed by atoms with E-state index in [2.05, 4.69) is 32.8 Å². The van der Waals surface area contributed by atoms with Crippen LogP contribution in [0.15, 0.2) is 42.9 Å². The second-order valence-corrected chi connectivity index (χ2v) is 6.15. The molecule has 1 saturated heterocycles. The highest BCUT2D eigenvalue weighted by atomic mass is 35.5. The van der Waals surface area contributed by atoms with Crippen LogP contribution in [-0.4, -0.2) is 45.9 Å². The maximum absolute atomic E-state index is 5.95. The molecular formula is C17H21ClN4. The fourth-order valence-corrected chi connectivity index (χ4v) is 3.14. The van der Waals surface area contributed by atoms with Gasteiger partial charge < -0.3 is 0 Å². The van der Waals surface area contributed by atoms with E-state index in [1.54, 1.807) is 6.20 Å². The summed E-state index contributed by atoms with van der Waals surface area (Å²) in [5.74, 6) is 0. The summed E-state index contributed by atoms with van der Waals surface area (Å²) in [5, 5.41) is 0.571. The van der Waals surface area contributed by atoms with E-state index in [-0.39, 0.29) is 0 Å². The van der Waals surface area contributed by atoms with Gasteiger partial charge in [0.2, 0.25) is 0 Å². The van der Waals surface area contributed by atoms with E-state index in [0.717, 1.165) is 32.7 Å². The average molecular weight is 317 g/mol. The standard InChI is InChI=1S/C17H21ClN4/c1-14(16-3-2-5-19-12-16)22-9-7-21(8-10-22)13-15-4-6-20-17(18)11-15/h2-6,11-12,14H,7-10,13H2,1H3/t14-/m0/s1. The highest BCUT2D eigenvalue weighted by Crippen LogP contribution is 2.21. The Balaban J connectivity index is 1.54. The zero-order valence-corrected chi connectivity index (χ0v) is 13.6. The van der Waals surface area contributed by atoms with Crippen molar-refractivity contribution in [1.29, 1.82) is 0 Å². The molecule has 0 radical (unpaired) electrons. The smallest absolute Gasteiger partial charge is 0.129 e. The summed E-state index contributed by atoms with van der Waals surface area (Å²) in [6, 6.07) is 8.58. The number of pyridine rings is 2. The van der Waals surface area contributed by atoms with Crippen molar-refractivity contribution in [3.05, 3.63) is 59.1 Å². The molecule has 4 nitrogen and oxygen atoms in total. The van der Waals surface area contributed by atoms with E-state index < -0.39 is 0 Å². The molecule has 3 heterocycles. The quantitative estimate of drug-likeness (QED) is 0.812. The third kappa shape index (κ3) is 3.83. The second kappa shape index (κ2) is 7.18. The molecule has 1 aliphatic rings. The summed E-state index contributed by atoms with van der Waals surface area (Å²) in [5.41, 5.74) is 2.52. The van der Waals surface area contributed by atoms with E-state index >= 15 is 0 Å². The first-order chi connectivity index (χ1) is 10.7. The Morgan fingerprint density at radius 1 is 1.18 bits per heavy atom. The molecule has 116 valence electrons. The van der Waals surface area contributed by atoms with Crippen molar-refractivity contribution in [2.75, 3.05) is 26.2 Å². The van der Waals surface area contributed by atoms with Crippen molar-refractivity contribution < 1.29 is 0 Å². The van der Waals surface area contributed by atoms with Crippen molar-refractivity contribution >= 4 is 11.6 Å². The molecule has 0 aliphatic carbocycles. The van der Waals surface area contributed by atoms with Crippen LogP contribution < -0.4 is 0 Å². The van der Waals surface area contributed by atoms with Gasteiger partial charge in [-0.25, -0.2) is 4.98 Å². The van der Waals surface area contributed by atoms with E-state index in [0.29, 0.717) is 11.2 Å². The monoisotopic (exact) mass is 316 g/mol. The van der Waals surface area contributed by atoms with Gasteiger partial charge in [-0.05, 0) is 36.2 Å². The molecule has 0 amide bonds. The van der Waals surface area contributed by atoms with Gasteiger partial charge in [-0.2, -0.15) is 0 Å². The van der Waals surface area contributed by atoms with E-state index in [1.165, 1.54) is 11.1 Å². The van der Waals surface area contributed by atoms with Gasteiger partial charge in [0, 0.05) is 57.4 Å². The molecule has 0 bridgehead atoms. The molecule has 0 saturated carbocycles. The SMILES string of the molecule is C[C@@H](c1cccnc1)N1CCN(Cc2ccnc(Cl)c2)CC1. The van der Waals surface area contributed by atoms with Gasteiger partial charge in [-0.3, -0.25) is 14.8 Å².